The Kier molecular flexibility index (Phi) is 6.88. The fraction of sp³-hybridized carbons (Fsp3) is 0.500. The van der Waals surface area contributed by atoms with Crippen LogP contribution in [0.1, 0.15) is 31.4 Å². The molecule has 0 fully saturated rings. The van der Waals surface area contributed by atoms with Gasteiger partial charge in [0, 0.05) is 13.1 Å². The molecule has 0 aliphatic carbocycles. The standard InChI is InChI=1S/C16H24N2O3/c1-11(2)7-14(9-17)16(21)18-10-13-6-4-3-5-12(13)8-15(19)20/h3-6,11,14H,7-10,17H2,1-2H3,(H,18,21)(H,19,20). The molecule has 4 N–H and O–H groups in total. The molecule has 0 aromatic heterocycles. The van der Waals surface area contributed by atoms with E-state index in [9.17, 15) is 9.59 Å². The van der Waals surface area contributed by atoms with Crippen LogP contribution in [0.3, 0.4) is 0 Å². The first kappa shape index (κ1) is 17.2. The van der Waals surface area contributed by atoms with Crippen molar-refractivity contribution in [3.8, 4) is 0 Å². The number of carbonyl (C=O) groups is 2. The summed E-state index contributed by atoms with van der Waals surface area (Å²) in [7, 11) is 0. The number of carboxylic acids is 1. The van der Waals surface area contributed by atoms with Crippen LogP contribution in [0.25, 0.3) is 0 Å². The highest BCUT2D eigenvalue weighted by Gasteiger charge is 2.18. The first-order chi connectivity index (χ1) is 9.93. The number of hydrogen-bond acceptors (Lipinski definition) is 3. The highest BCUT2D eigenvalue weighted by atomic mass is 16.4. The molecule has 1 atom stereocenters. The Bertz CT molecular complexity index is 486. The summed E-state index contributed by atoms with van der Waals surface area (Å²) in [5.41, 5.74) is 7.20. The summed E-state index contributed by atoms with van der Waals surface area (Å²) < 4.78 is 0. The van der Waals surface area contributed by atoms with Gasteiger partial charge in [-0.3, -0.25) is 9.59 Å². The number of aliphatic carboxylic acids is 1. The van der Waals surface area contributed by atoms with Crippen molar-refractivity contribution in [2.24, 2.45) is 17.6 Å². The van der Waals surface area contributed by atoms with Crippen LogP contribution < -0.4 is 11.1 Å². The van der Waals surface area contributed by atoms with E-state index < -0.39 is 5.97 Å². The van der Waals surface area contributed by atoms with E-state index in [4.69, 9.17) is 10.8 Å². The van der Waals surface area contributed by atoms with Crippen molar-refractivity contribution in [3.05, 3.63) is 35.4 Å². The zero-order valence-electron chi connectivity index (χ0n) is 12.6. The first-order valence-electron chi connectivity index (χ1n) is 7.20. The van der Waals surface area contributed by atoms with Crippen LogP contribution in [-0.4, -0.2) is 23.5 Å². The molecule has 1 unspecified atom stereocenters. The zero-order valence-corrected chi connectivity index (χ0v) is 12.6. The van der Waals surface area contributed by atoms with Crippen LogP contribution in [-0.2, 0) is 22.6 Å². The molecule has 5 nitrogen and oxygen atoms in total. The second kappa shape index (κ2) is 8.42. The van der Waals surface area contributed by atoms with Crippen LogP contribution in [0.2, 0.25) is 0 Å². The van der Waals surface area contributed by atoms with Crippen molar-refractivity contribution in [3.63, 3.8) is 0 Å². The maximum absolute atomic E-state index is 12.1. The third-order valence-electron chi connectivity index (χ3n) is 3.32. The number of nitrogens with one attached hydrogen (secondary N) is 1. The van der Waals surface area contributed by atoms with Gasteiger partial charge in [-0.1, -0.05) is 38.1 Å². The summed E-state index contributed by atoms with van der Waals surface area (Å²) in [5, 5.41) is 11.7. The van der Waals surface area contributed by atoms with E-state index in [-0.39, 0.29) is 18.2 Å². The second-order valence-corrected chi connectivity index (χ2v) is 5.62. The van der Waals surface area contributed by atoms with Crippen molar-refractivity contribution in [1.29, 1.82) is 0 Å². The van der Waals surface area contributed by atoms with Crippen LogP contribution in [0.15, 0.2) is 24.3 Å². The maximum atomic E-state index is 12.1. The van der Waals surface area contributed by atoms with Crippen molar-refractivity contribution in [1.82, 2.24) is 5.32 Å². The van der Waals surface area contributed by atoms with Crippen LogP contribution in [0, 0.1) is 11.8 Å². The lowest BCUT2D eigenvalue weighted by Gasteiger charge is -2.17. The number of hydrogen-bond donors (Lipinski definition) is 3. The number of carbonyl (C=O) groups excluding carboxylic acids is 1. The van der Waals surface area contributed by atoms with Gasteiger partial charge in [0.05, 0.1) is 12.3 Å². The summed E-state index contributed by atoms with van der Waals surface area (Å²) >= 11 is 0. The fourth-order valence-corrected chi connectivity index (χ4v) is 2.27. The van der Waals surface area contributed by atoms with Crippen molar-refractivity contribution >= 4 is 11.9 Å². The molecule has 1 amide bonds. The minimum Gasteiger partial charge on any atom is -0.481 e. The predicted molar refractivity (Wildman–Crippen MR) is 81.6 cm³/mol. The summed E-state index contributed by atoms with van der Waals surface area (Å²) in [5.74, 6) is -0.745. The van der Waals surface area contributed by atoms with E-state index in [1.54, 1.807) is 12.1 Å². The van der Waals surface area contributed by atoms with Gasteiger partial charge in [0.25, 0.3) is 0 Å². The first-order valence-corrected chi connectivity index (χ1v) is 7.20. The smallest absolute Gasteiger partial charge is 0.307 e. The lowest BCUT2D eigenvalue weighted by molar-refractivity contribution is -0.136. The lowest BCUT2D eigenvalue weighted by Crippen LogP contribution is -2.35. The van der Waals surface area contributed by atoms with Gasteiger partial charge in [-0.05, 0) is 23.5 Å². The van der Waals surface area contributed by atoms with Crippen molar-refractivity contribution in [2.75, 3.05) is 6.54 Å². The van der Waals surface area contributed by atoms with Gasteiger partial charge in [0.2, 0.25) is 5.91 Å². The predicted octanol–water partition coefficient (Wildman–Crippen LogP) is 1.55. The van der Waals surface area contributed by atoms with E-state index in [0.717, 1.165) is 17.5 Å². The summed E-state index contributed by atoms with van der Waals surface area (Å²) in [6, 6.07) is 7.23. The monoisotopic (exact) mass is 292 g/mol. The Balaban J connectivity index is 2.66. The molecule has 1 aromatic carbocycles. The Morgan fingerprint density at radius 3 is 2.38 bits per heavy atom. The van der Waals surface area contributed by atoms with E-state index in [1.165, 1.54) is 0 Å². The molecule has 0 saturated carbocycles. The average Bonchev–Trinajstić information content (AvgIpc) is 2.42. The van der Waals surface area contributed by atoms with E-state index in [2.05, 4.69) is 19.2 Å². The van der Waals surface area contributed by atoms with Gasteiger partial charge < -0.3 is 16.2 Å². The Morgan fingerprint density at radius 1 is 1.24 bits per heavy atom. The van der Waals surface area contributed by atoms with E-state index in [1.807, 2.05) is 12.1 Å². The van der Waals surface area contributed by atoms with Crippen LogP contribution >= 0.6 is 0 Å². The molecule has 0 spiro atoms. The van der Waals surface area contributed by atoms with Gasteiger partial charge in [-0.15, -0.1) is 0 Å². The Hall–Kier alpha value is -1.88. The normalized spacial score (nSPS) is 12.2. The average molecular weight is 292 g/mol. The molecule has 0 bridgehead atoms. The van der Waals surface area contributed by atoms with Crippen molar-refractivity contribution < 1.29 is 14.7 Å². The number of rotatable bonds is 8. The number of carboxylic acid groups (broad SMARTS) is 1. The minimum absolute atomic E-state index is 0.0433. The molecular formula is C16H24N2O3. The molecule has 1 rings (SSSR count). The van der Waals surface area contributed by atoms with Gasteiger partial charge in [0.1, 0.15) is 0 Å². The highest BCUT2D eigenvalue weighted by Crippen LogP contribution is 2.13. The largest absolute Gasteiger partial charge is 0.481 e. The van der Waals surface area contributed by atoms with Crippen molar-refractivity contribution in [2.45, 2.75) is 33.2 Å². The molecule has 0 aliphatic heterocycles. The van der Waals surface area contributed by atoms with Gasteiger partial charge in [-0.25, -0.2) is 0 Å². The summed E-state index contributed by atoms with van der Waals surface area (Å²) in [6.07, 6.45) is 0.706. The Labute approximate surface area is 125 Å². The lowest BCUT2D eigenvalue weighted by atomic mass is 9.96. The molecule has 21 heavy (non-hydrogen) atoms. The summed E-state index contributed by atoms with van der Waals surface area (Å²) in [4.78, 5) is 22.9. The molecule has 5 heteroatoms. The fourth-order valence-electron chi connectivity index (χ4n) is 2.27. The number of benzene rings is 1. The van der Waals surface area contributed by atoms with Gasteiger partial charge in [-0.2, -0.15) is 0 Å². The zero-order chi connectivity index (χ0) is 15.8. The number of amides is 1. The summed E-state index contributed by atoms with van der Waals surface area (Å²) in [6.45, 7) is 4.76. The van der Waals surface area contributed by atoms with E-state index in [0.29, 0.717) is 19.0 Å². The third-order valence-corrected chi connectivity index (χ3v) is 3.32. The second-order valence-electron chi connectivity index (χ2n) is 5.62. The quantitative estimate of drug-likeness (QED) is 0.678. The Morgan fingerprint density at radius 2 is 1.86 bits per heavy atom. The minimum atomic E-state index is -0.881. The maximum Gasteiger partial charge on any atom is 0.307 e. The topological polar surface area (TPSA) is 92.4 Å². The van der Waals surface area contributed by atoms with Crippen LogP contribution in [0.4, 0.5) is 0 Å². The molecule has 0 heterocycles. The van der Waals surface area contributed by atoms with E-state index >= 15 is 0 Å². The molecule has 0 radical (unpaired) electrons. The molecule has 0 aliphatic rings. The third kappa shape index (κ3) is 5.95. The van der Waals surface area contributed by atoms with Crippen LogP contribution in [0.5, 0.6) is 0 Å². The molecule has 116 valence electrons. The number of nitrogens with two attached hydrogens (primary N) is 1. The highest BCUT2D eigenvalue weighted by molar-refractivity contribution is 5.79. The molecular weight excluding hydrogens is 268 g/mol. The molecule has 0 saturated heterocycles. The van der Waals surface area contributed by atoms with Gasteiger partial charge in [0.15, 0.2) is 0 Å². The SMILES string of the molecule is CC(C)CC(CN)C(=O)NCc1ccccc1CC(=O)O. The molecule has 1 aromatic rings. The van der Waals surface area contributed by atoms with Gasteiger partial charge >= 0.3 is 5.97 Å².